The van der Waals surface area contributed by atoms with Crippen molar-refractivity contribution in [2.24, 2.45) is 5.84 Å². The van der Waals surface area contributed by atoms with Crippen LogP contribution in [0.4, 0.5) is 5.95 Å². The number of hydrogen-bond acceptors (Lipinski definition) is 9. The van der Waals surface area contributed by atoms with E-state index in [9.17, 15) is 15.0 Å². The van der Waals surface area contributed by atoms with Crippen molar-refractivity contribution in [1.29, 1.82) is 0 Å². The third-order valence-electron chi connectivity index (χ3n) is 2.65. The lowest BCUT2D eigenvalue weighted by atomic mass is 10.1. The van der Waals surface area contributed by atoms with Crippen LogP contribution in [0.25, 0.3) is 0 Å². The molecule has 2 rings (SSSR count). The Bertz CT molecular complexity index is 479. The topological polar surface area (TPSA) is 156 Å². The van der Waals surface area contributed by atoms with Gasteiger partial charge in [-0.15, -0.1) is 0 Å². The zero-order chi connectivity index (χ0) is 13.3. The highest BCUT2D eigenvalue weighted by Crippen LogP contribution is 2.27. The number of aliphatic hydroxyl groups is 3. The van der Waals surface area contributed by atoms with Crippen LogP contribution in [-0.4, -0.2) is 54.8 Å². The average Bonchev–Trinajstić information content (AvgIpc) is 2.66. The fraction of sp³-hybridized carbons (Fsp3) is 0.625. The predicted molar refractivity (Wildman–Crippen MR) is 57.1 cm³/mol. The van der Waals surface area contributed by atoms with E-state index in [-0.39, 0.29) is 5.95 Å². The number of ether oxygens (including phenoxy) is 1. The van der Waals surface area contributed by atoms with Gasteiger partial charge in [0.25, 0.3) is 0 Å². The van der Waals surface area contributed by atoms with E-state index < -0.39 is 36.8 Å². The molecule has 1 aromatic rings. The van der Waals surface area contributed by atoms with E-state index in [0.29, 0.717) is 0 Å². The van der Waals surface area contributed by atoms with Crippen LogP contribution in [0.15, 0.2) is 11.1 Å². The van der Waals surface area contributed by atoms with E-state index in [0.717, 1.165) is 10.9 Å². The number of nitrogens with two attached hydrogens (primary N) is 1. The van der Waals surface area contributed by atoms with Gasteiger partial charge >= 0.3 is 5.69 Å². The van der Waals surface area contributed by atoms with Crippen molar-refractivity contribution >= 4 is 5.95 Å². The van der Waals surface area contributed by atoms with Gasteiger partial charge in [-0.3, -0.25) is 9.99 Å². The summed E-state index contributed by atoms with van der Waals surface area (Å²) in [4.78, 5) is 18.8. The first-order valence-electron chi connectivity index (χ1n) is 5.12. The summed E-state index contributed by atoms with van der Waals surface area (Å²) < 4.78 is 6.06. The summed E-state index contributed by atoms with van der Waals surface area (Å²) in [6, 6.07) is 0. The molecule has 0 radical (unpaired) electrons. The van der Waals surface area contributed by atoms with Gasteiger partial charge in [-0.25, -0.2) is 15.6 Å². The maximum absolute atomic E-state index is 11.6. The van der Waals surface area contributed by atoms with Crippen molar-refractivity contribution in [2.75, 3.05) is 12.0 Å². The van der Waals surface area contributed by atoms with E-state index in [1.165, 1.54) is 0 Å². The predicted octanol–water partition coefficient (Wildman–Crippen LogP) is -3.46. The first-order chi connectivity index (χ1) is 8.58. The molecule has 100 valence electrons. The van der Waals surface area contributed by atoms with E-state index in [2.05, 4.69) is 15.4 Å². The average molecular weight is 259 g/mol. The quantitative estimate of drug-likeness (QED) is 0.275. The summed E-state index contributed by atoms with van der Waals surface area (Å²) >= 11 is 0. The number of nitrogen functional groups attached to an aromatic ring is 1. The SMILES string of the molecule is NNc1ncn([C@@H]2O[C@H](CO)C(O)C2O)c(=O)n1. The summed E-state index contributed by atoms with van der Waals surface area (Å²) in [5.41, 5.74) is 1.34. The van der Waals surface area contributed by atoms with E-state index in [1.807, 2.05) is 0 Å². The second-order valence-corrected chi connectivity index (χ2v) is 3.74. The first kappa shape index (κ1) is 12.9. The van der Waals surface area contributed by atoms with Gasteiger partial charge in [0.05, 0.1) is 6.61 Å². The van der Waals surface area contributed by atoms with Crippen LogP contribution in [0.3, 0.4) is 0 Å². The van der Waals surface area contributed by atoms with Crippen LogP contribution >= 0.6 is 0 Å². The number of nitrogens with one attached hydrogen (secondary N) is 1. The summed E-state index contributed by atoms with van der Waals surface area (Å²) in [7, 11) is 0. The molecular weight excluding hydrogens is 246 g/mol. The molecule has 1 aliphatic rings. The number of hydrogen-bond donors (Lipinski definition) is 5. The fourth-order valence-electron chi connectivity index (χ4n) is 1.70. The molecule has 1 aromatic heterocycles. The van der Waals surface area contributed by atoms with Gasteiger partial charge < -0.3 is 20.1 Å². The van der Waals surface area contributed by atoms with Gasteiger partial charge in [-0.2, -0.15) is 4.98 Å². The van der Waals surface area contributed by atoms with Gasteiger partial charge in [0.15, 0.2) is 6.23 Å². The lowest BCUT2D eigenvalue weighted by Crippen LogP contribution is -2.36. The standard InChI is InChI=1S/C8H13N5O5/c9-12-7-10-2-13(8(17)11-7)6-5(16)4(15)3(1-14)18-6/h2-6,14-16H,1,9H2,(H,11,12,17)/t3-,4?,5?,6-/m1/s1. The number of hydrazine groups is 1. The Morgan fingerprint density at radius 2 is 2.22 bits per heavy atom. The third kappa shape index (κ3) is 2.07. The van der Waals surface area contributed by atoms with Crippen molar-refractivity contribution in [1.82, 2.24) is 14.5 Å². The van der Waals surface area contributed by atoms with Crippen LogP contribution in [0, 0.1) is 0 Å². The van der Waals surface area contributed by atoms with Crippen LogP contribution in [0.2, 0.25) is 0 Å². The molecule has 0 aliphatic carbocycles. The molecule has 2 heterocycles. The Morgan fingerprint density at radius 3 is 2.72 bits per heavy atom. The Morgan fingerprint density at radius 1 is 1.50 bits per heavy atom. The molecule has 1 aliphatic heterocycles. The van der Waals surface area contributed by atoms with Crippen LogP contribution in [0.5, 0.6) is 0 Å². The second-order valence-electron chi connectivity index (χ2n) is 3.74. The third-order valence-corrected chi connectivity index (χ3v) is 2.65. The molecule has 0 spiro atoms. The molecular formula is C8H13N5O5. The summed E-state index contributed by atoms with van der Waals surface area (Å²) in [6.45, 7) is -0.479. The highest BCUT2D eigenvalue weighted by atomic mass is 16.6. The van der Waals surface area contributed by atoms with Gasteiger partial charge in [0.2, 0.25) is 5.95 Å². The zero-order valence-electron chi connectivity index (χ0n) is 9.17. The molecule has 1 saturated heterocycles. The zero-order valence-corrected chi connectivity index (χ0v) is 9.17. The number of anilines is 1. The molecule has 2 unspecified atom stereocenters. The molecule has 0 saturated carbocycles. The van der Waals surface area contributed by atoms with E-state index >= 15 is 0 Å². The molecule has 10 heteroatoms. The Hall–Kier alpha value is -1.59. The molecule has 18 heavy (non-hydrogen) atoms. The molecule has 0 amide bonds. The lowest BCUT2D eigenvalue weighted by Gasteiger charge is -2.16. The van der Waals surface area contributed by atoms with Crippen molar-refractivity contribution in [3.63, 3.8) is 0 Å². The van der Waals surface area contributed by atoms with Crippen molar-refractivity contribution in [3.05, 3.63) is 16.8 Å². The molecule has 6 N–H and O–H groups in total. The molecule has 1 fully saturated rings. The van der Waals surface area contributed by atoms with Gasteiger partial charge in [-0.1, -0.05) is 0 Å². The van der Waals surface area contributed by atoms with Crippen LogP contribution in [-0.2, 0) is 4.74 Å². The van der Waals surface area contributed by atoms with Crippen LogP contribution in [0.1, 0.15) is 6.23 Å². The fourth-order valence-corrected chi connectivity index (χ4v) is 1.70. The smallest absolute Gasteiger partial charge is 0.354 e. The monoisotopic (exact) mass is 259 g/mol. The second kappa shape index (κ2) is 4.96. The summed E-state index contributed by atoms with van der Waals surface area (Å²) in [5.74, 6) is 4.96. The summed E-state index contributed by atoms with van der Waals surface area (Å²) in [5, 5.41) is 28.2. The molecule has 10 nitrogen and oxygen atoms in total. The minimum absolute atomic E-state index is 0.0806. The normalized spacial score (nSPS) is 31.6. The molecule has 4 atom stereocenters. The number of rotatable bonds is 3. The van der Waals surface area contributed by atoms with Gasteiger partial charge in [0, 0.05) is 0 Å². The number of nitrogens with zero attached hydrogens (tertiary/aromatic N) is 3. The largest absolute Gasteiger partial charge is 0.394 e. The number of aromatic nitrogens is 3. The van der Waals surface area contributed by atoms with E-state index in [4.69, 9.17) is 15.7 Å². The van der Waals surface area contributed by atoms with Crippen molar-refractivity contribution < 1.29 is 20.1 Å². The summed E-state index contributed by atoms with van der Waals surface area (Å²) in [6.07, 6.45) is -3.70. The van der Waals surface area contributed by atoms with Crippen molar-refractivity contribution in [3.8, 4) is 0 Å². The van der Waals surface area contributed by atoms with Gasteiger partial charge in [-0.05, 0) is 0 Å². The first-order valence-corrected chi connectivity index (χ1v) is 5.12. The molecule has 0 bridgehead atoms. The molecule has 0 aromatic carbocycles. The van der Waals surface area contributed by atoms with Crippen LogP contribution < -0.4 is 17.0 Å². The highest BCUT2D eigenvalue weighted by Gasteiger charge is 2.43. The lowest BCUT2D eigenvalue weighted by molar-refractivity contribution is -0.0554. The Kier molecular flexibility index (Phi) is 3.54. The van der Waals surface area contributed by atoms with Crippen molar-refractivity contribution in [2.45, 2.75) is 24.5 Å². The maximum Gasteiger partial charge on any atom is 0.354 e. The Labute approximate surface area is 101 Å². The Balaban J connectivity index is 2.30. The minimum atomic E-state index is -1.36. The van der Waals surface area contributed by atoms with E-state index in [1.54, 1.807) is 0 Å². The highest BCUT2D eigenvalue weighted by molar-refractivity contribution is 5.17. The number of aliphatic hydroxyl groups excluding tert-OH is 3. The minimum Gasteiger partial charge on any atom is -0.394 e. The van der Waals surface area contributed by atoms with Gasteiger partial charge in [0.1, 0.15) is 24.6 Å². The maximum atomic E-state index is 11.6.